The molecule has 0 aliphatic carbocycles. The van der Waals surface area contributed by atoms with Crippen molar-refractivity contribution in [3.8, 4) is 23.3 Å². The Kier molecular flexibility index (Phi) is 5.52. The number of esters is 1. The SMILES string of the molecule is COc1ccc(C2C(C#N)=C(N)Oc3cc(OC(=O)c4cccc(Cl)c4)ccc32)cc1. The first kappa shape index (κ1) is 20.3. The average Bonchev–Trinajstić information content (AvgIpc) is 2.78. The van der Waals surface area contributed by atoms with Crippen LogP contribution in [0.5, 0.6) is 17.2 Å². The first-order valence-corrected chi connectivity index (χ1v) is 9.71. The van der Waals surface area contributed by atoms with E-state index in [-0.39, 0.29) is 11.6 Å². The number of carbonyl (C=O) groups is 1. The molecular weight excluding hydrogens is 416 g/mol. The Labute approximate surface area is 184 Å². The van der Waals surface area contributed by atoms with Crippen molar-refractivity contribution < 1.29 is 19.0 Å². The van der Waals surface area contributed by atoms with Crippen molar-refractivity contribution in [2.75, 3.05) is 7.11 Å². The van der Waals surface area contributed by atoms with Gasteiger partial charge in [0.05, 0.1) is 18.6 Å². The van der Waals surface area contributed by atoms with E-state index in [0.29, 0.717) is 27.7 Å². The lowest BCUT2D eigenvalue weighted by atomic mass is 9.83. The molecule has 0 fully saturated rings. The molecule has 1 unspecified atom stereocenters. The lowest BCUT2D eigenvalue weighted by molar-refractivity contribution is 0.0734. The Bertz CT molecular complexity index is 1230. The van der Waals surface area contributed by atoms with Gasteiger partial charge in [0.2, 0.25) is 5.88 Å². The van der Waals surface area contributed by atoms with Crippen molar-refractivity contribution in [3.63, 3.8) is 0 Å². The number of nitrogens with two attached hydrogens (primary N) is 1. The molecule has 3 aromatic carbocycles. The first-order chi connectivity index (χ1) is 15.0. The fourth-order valence-electron chi connectivity index (χ4n) is 3.42. The van der Waals surface area contributed by atoms with Crippen LogP contribution < -0.4 is 19.9 Å². The van der Waals surface area contributed by atoms with Crippen LogP contribution in [0.15, 0.2) is 78.2 Å². The van der Waals surface area contributed by atoms with Crippen LogP contribution in [0.4, 0.5) is 0 Å². The standard InChI is InChI=1S/C24H17ClN2O4/c1-29-17-7-5-14(6-8-17)22-19-10-9-18(12-21(19)31-23(27)20(22)13-26)30-24(28)15-3-2-4-16(25)11-15/h2-12,22H,27H2,1H3. The number of rotatable bonds is 4. The highest BCUT2D eigenvalue weighted by Crippen LogP contribution is 2.43. The third kappa shape index (κ3) is 4.04. The lowest BCUT2D eigenvalue weighted by Crippen LogP contribution is -2.21. The third-order valence-electron chi connectivity index (χ3n) is 4.91. The Balaban J connectivity index is 1.68. The number of nitriles is 1. The average molecular weight is 433 g/mol. The Morgan fingerprint density at radius 1 is 1.10 bits per heavy atom. The van der Waals surface area contributed by atoms with E-state index in [4.69, 9.17) is 31.5 Å². The van der Waals surface area contributed by atoms with Gasteiger partial charge in [0.1, 0.15) is 28.9 Å². The number of hydrogen-bond acceptors (Lipinski definition) is 6. The van der Waals surface area contributed by atoms with Gasteiger partial charge in [0.15, 0.2) is 0 Å². The zero-order valence-electron chi connectivity index (χ0n) is 16.5. The highest BCUT2D eigenvalue weighted by atomic mass is 35.5. The van der Waals surface area contributed by atoms with Gasteiger partial charge in [0, 0.05) is 16.7 Å². The fraction of sp³-hybridized carbons (Fsp3) is 0.0833. The molecule has 2 N–H and O–H groups in total. The van der Waals surface area contributed by atoms with E-state index in [2.05, 4.69) is 6.07 Å². The maximum Gasteiger partial charge on any atom is 0.343 e. The summed E-state index contributed by atoms with van der Waals surface area (Å²) in [7, 11) is 1.59. The third-order valence-corrected chi connectivity index (χ3v) is 5.15. The molecule has 31 heavy (non-hydrogen) atoms. The van der Waals surface area contributed by atoms with Gasteiger partial charge in [0.25, 0.3) is 0 Å². The van der Waals surface area contributed by atoms with Gasteiger partial charge in [-0.05, 0) is 42.0 Å². The second-order valence-corrected chi connectivity index (χ2v) is 7.23. The molecule has 0 spiro atoms. The van der Waals surface area contributed by atoms with Crippen LogP contribution in [0.1, 0.15) is 27.4 Å². The summed E-state index contributed by atoms with van der Waals surface area (Å²) in [6.07, 6.45) is 0. The molecule has 4 rings (SSSR count). The summed E-state index contributed by atoms with van der Waals surface area (Å²) < 4.78 is 16.4. The Hall–Kier alpha value is -3.95. The van der Waals surface area contributed by atoms with Crippen LogP contribution in [-0.2, 0) is 0 Å². The van der Waals surface area contributed by atoms with Gasteiger partial charge in [-0.2, -0.15) is 5.26 Å². The summed E-state index contributed by atoms with van der Waals surface area (Å²) in [6, 6.07) is 21.0. The van der Waals surface area contributed by atoms with Crippen LogP contribution in [0, 0.1) is 11.3 Å². The number of benzene rings is 3. The summed E-state index contributed by atoms with van der Waals surface area (Å²) in [6.45, 7) is 0. The van der Waals surface area contributed by atoms with Gasteiger partial charge in [-0.15, -0.1) is 0 Å². The van der Waals surface area contributed by atoms with E-state index in [0.717, 1.165) is 11.1 Å². The van der Waals surface area contributed by atoms with Crippen LogP contribution in [0.3, 0.4) is 0 Å². The topological polar surface area (TPSA) is 94.6 Å². The minimum Gasteiger partial charge on any atom is -0.497 e. The molecule has 154 valence electrons. The predicted molar refractivity (Wildman–Crippen MR) is 115 cm³/mol. The number of methoxy groups -OCH3 is 1. The summed E-state index contributed by atoms with van der Waals surface area (Å²) >= 11 is 5.94. The summed E-state index contributed by atoms with van der Waals surface area (Å²) in [5, 5.41) is 10.1. The van der Waals surface area contributed by atoms with Gasteiger partial charge >= 0.3 is 5.97 Å². The quantitative estimate of drug-likeness (QED) is 0.470. The van der Waals surface area contributed by atoms with Crippen molar-refractivity contribution in [3.05, 3.63) is 99.9 Å². The van der Waals surface area contributed by atoms with E-state index in [1.54, 1.807) is 43.5 Å². The zero-order chi connectivity index (χ0) is 22.0. The lowest BCUT2D eigenvalue weighted by Gasteiger charge is -2.26. The number of hydrogen-bond donors (Lipinski definition) is 1. The molecule has 0 aromatic heterocycles. The zero-order valence-corrected chi connectivity index (χ0v) is 17.2. The van der Waals surface area contributed by atoms with Crippen molar-refractivity contribution in [1.29, 1.82) is 5.26 Å². The normalized spacial score (nSPS) is 14.8. The van der Waals surface area contributed by atoms with Crippen LogP contribution in [0.2, 0.25) is 5.02 Å². The predicted octanol–water partition coefficient (Wildman–Crippen LogP) is 4.79. The van der Waals surface area contributed by atoms with E-state index in [9.17, 15) is 10.1 Å². The molecule has 6 nitrogen and oxygen atoms in total. The number of allylic oxidation sites excluding steroid dienone is 1. The van der Waals surface area contributed by atoms with Crippen molar-refractivity contribution in [2.24, 2.45) is 5.73 Å². The van der Waals surface area contributed by atoms with Crippen LogP contribution in [0.25, 0.3) is 0 Å². The summed E-state index contributed by atoms with van der Waals surface area (Å²) in [5.74, 6) is 0.437. The Morgan fingerprint density at radius 3 is 2.52 bits per heavy atom. The number of nitrogens with zero attached hydrogens (tertiary/aromatic N) is 1. The summed E-state index contributed by atoms with van der Waals surface area (Å²) in [5.41, 5.74) is 8.26. The molecule has 0 radical (unpaired) electrons. The molecule has 0 bridgehead atoms. The minimum absolute atomic E-state index is 0.00846. The van der Waals surface area contributed by atoms with Gasteiger partial charge in [-0.3, -0.25) is 0 Å². The molecule has 0 saturated carbocycles. The van der Waals surface area contributed by atoms with E-state index < -0.39 is 11.9 Å². The smallest absolute Gasteiger partial charge is 0.343 e. The monoisotopic (exact) mass is 432 g/mol. The van der Waals surface area contributed by atoms with E-state index >= 15 is 0 Å². The van der Waals surface area contributed by atoms with Crippen molar-refractivity contribution >= 4 is 17.6 Å². The number of carbonyl (C=O) groups excluding carboxylic acids is 1. The van der Waals surface area contributed by atoms with Crippen LogP contribution in [-0.4, -0.2) is 13.1 Å². The molecule has 1 heterocycles. The molecule has 1 atom stereocenters. The highest BCUT2D eigenvalue weighted by molar-refractivity contribution is 6.30. The molecule has 7 heteroatoms. The van der Waals surface area contributed by atoms with Crippen molar-refractivity contribution in [2.45, 2.75) is 5.92 Å². The van der Waals surface area contributed by atoms with Gasteiger partial charge in [-0.25, -0.2) is 4.79 Å². The van der Waals surface area contributed by atoms with E-state index in [1.807, 2.05) is 24.3 Å². The second-order valence-electron chi connectivity index (χ2n) is 6.80. The second kappa shape index (κ2) is 8.42. The van der Waals surface area contributed by atoms with Crippen molar-refractivity contribution in [1.82, 2.24) is 0 Å². The van der Waals surface area contributed by atoms with Crippen LogP contribution >= 0.6 is 11.6 Å². The van der Waals surface area contributed by atoms with Gasteiger partial charge in [-0.1, -0.05) is 35.9 Å². The molecule has 1 aliphatic heterocycles. The molecule has 3 aromatic rings. The number of halogens is 1. The van der Waals surface area contributed by atoms with E-state index in [1.165, 1.54) is 6.07 Å². The maximum atomic E-state index is 12.4. The first-order valence-electron chi connectivity index (χ1n) is 9.33. The maximum absolute atomic E-state index is 12.4. The van der Waals surface area contributed by atoms with Gasteiger partial charge < -0.3 is 19.9 Å². The highest BCUT2D eigenvalue weighted by Gasteiger charge is 2.31. The summed E-state index contributed by atoms with van der Waals surface area (Å²) in [4.78, 5) is 12.4. The minimum atomic E-state index is -0.550. The molecule has 0 saturated heterocycles. The molecule has 1 aliphatic rings. The molecular formula is C24H17ClN2O4. The molecule has 0 amide bonds. The number of fused-ring (bicyclic) bond motifs is 1. The largest absolute Gasteiger partial charge is 0.497 e. The Morgan fingerprint density at radius 2 is 1.84 bits per heavy atom. The number of ether oxygens (including phenoxy) is 3. The fourth-order valence-corrected chi connectivity index (χ4v) is 3.61.